The molecule has 0 saturated heterocycles. The number of aromatic nitrogens is 2. The lowest BCUT2D eigenvalue weighted by Crippen LogP contribution is -2.19. The first kappa shape index (κ1) is 13.0. The van der Waals surface area contributed by atoms with Gasteiger partial charge in [-0.2, -0.15) is 0 Å². The lowest BCUT2D eigenvalue weighted by molar-refractivity contribution is 0.625. The predicted octanol–water partition coefficient (Wildman–Crippen LogP) is 2.87. The zero-order valence-corrected chi connectivity index (χ0v) is 11.9. The molecule has 84 valence electrons. The molecular weight excluding hydrogens is 326 g/mol. The van der Waals surface area contributed by atoms with Gasteiger partial charge in [-0.1, -0.05) is 13.8 Å². The number of hydrogen-bond acceptors (Lipinski definition) is 2. The van der Waals surface area contributed by atoms with Crippen molar-refractivity contribution >= 4 is 34.2 Å². The molecule has 1 N–H and O–H groups in total. The van der Waals surface area contributed by atoms with Crippen molar-refractivity contribution < 1.29 is 0 Å². The maximum Gasteiger partial charge on any atom is 0.264 e. The minimum absolute atomic E-state index is 0.0937. The second kappa shape index (κ2) is 5.30. The molecule has 1 atom stereocenters. The molecule has 0 aliphatic rings. The number of H-pyrrole nitrogens is 1. The fourth-order valence-electron chi connectivity index (χ4n) is 1.24. The predicted molar refractivity (Wildman–Crippen MR) is 70.4 cm³/mol. The number of nitrogens with one attached hydrogen (secondary N) is 1. The SMILES string of the molecule is CC(C)Cc1nc(C(C)Cl)[nH]c(=O)c1I. The summed E-state index contributed by atoms with van der Waals surface area (Å²) in [6.07, 6.45) is 0.804. The van der Waals surface area contributed by atoms with E-state index >= 15 is 0 Å². The fourth-order valence-corrected chi connectivity index (χ4v) is 1.81. The number of rotatable bonds is 3. The van der Waals surface area contributed by atoms with Gasteiger partial charge < -0.3 is 4.98 Å². The van der Waals surface area contributed by atoms with Crippen molar-refractivity contribution in [3.63, 3.8) is 0 Å². The van der Waals surface area contributed by atoms with Crippen molar-refractivity contribution in [3.05, 3.63) is 25.4 Å². The molecule has 0 amide bonds. The van der Waals surface area contributed by atoms with Crippen LogP contribution in [0.1, 0.15) is 37.7 Å². The van der Waals surface area contributed by atoms with Crippen LogP contribution in [0, 0.1) is 9.49 Å². The molecule has 15 heavy (non-hydrogen) atoms. The molecule has 0 radical (unpaired) electrons. The Hall–Kier alpha value is -0.100. The second-order valence-electron chi connectivity index (χ2n) is 3.93. The molecule has 1 aromatic heterocycles. The van der Waals surface area contributed by atoms with Crippen molar-refractivity contribution in [3.8, 4) is 0 Å². The number of halogens is 2. The van der Waals surface area contributed by atoms with Gasteiger partial charge in [0.2, 0.25) is 0 Å². The van der Waals surface area contributed by atoms with E-state index in [0.29, 0.717) is 15.3 Å². The molecule has 1 rings (SSSR count). The summed E-state index contributed by atoms with van der Waals surface area (Å²) in [6, 6.07) is 0. The summed E-state index contributed by atoms with van der Waals surface area (Å²) in [4.78, 5) is 18.6. The van der Waals surface area contributed by atoms with Crippen LogP contribution in [-0.2, 0) is 6.42 Å². The normalized spacial score (nSPS) is 13.2. The molecule has 0 spiro atoms. The van der Waals surface area contributed by atoms with Crippen LogP contribution in [-0.4, -0.2) is 9.97 Å². The van der Waals surface area contributed by atoms with Crippen LogP contribution >= 0.6 is 34.2 Å². The maximum absolute atomic E-state index is 11.6. The van der Waals surface area contributed by atoms with Gasteiger partial charge in [0.15, 0.2) is 0 Å². The Bertz CT molecular complexity index is 401. The monoisotopic (exact) mass is 340 g/mol. The number of aromatic amines is 1. The topological polar surface area (TPSA) is 45.8 Å². The maximum atomic E-state index is 11.6. The third-order valence-corrected chi connectivity index (χ3v) is 3.25. The average molecular weight is 341 g/mol. The zero-order chi connectivity index (χ0) is 11.6. The molecule has 0 fully saturated rings. The van der Waals surface area contributed by atoms with E-state index in [2.05, 4.69) is 23.8 Å². The molecule has 1 heterocycles. The van der Waals surface area contributed by atoms with Crippen LogP contribution in [0.3, 0.4) is 0 Å². The van der Waals surface area contributed by atoms with Crippen LogP contribution < -0.4 is 5.56 Å². The summed E-state index contributed by atoms with van der Waals surface area (Å²) >= 11 is 7.93. The fraction of sp³-hybridized carbons (Fsp3) is 0.600. The summed E-state index contributed by atoms with van der Waals surface area (Å²) in [5.41, 5.74) is 0.751. The Morgan fingerprint density at radius 2 is 2.07 bits per heavy atom. The number of nitrogens with zero attached hydrogens (tertiary/aromatic N) is 1. The lowest BCUT2D eigenvalue weighted by Gasteiger charge is -2.09. The Kier molecular flexibility index (Phi) is 4.58. The Balaban J connectivity index is 3.19. The molecule has 0 bridgehead atoms. The van der Waals surface area contributed by atoms with Crippen LogP contribution in [0.25, 0.3) is 0 Å². The third-order valence-electron chi connectivity index (χ3n) is 1.93. The van der Waals surface area contributed by atoms with E-state index in [1.807, 2.05) is 22.6 Å². The van der Waals surface area contributed by atoms with Crippen LogP contribution in [0.4, 0.5) is 0 Å². The summed E-state index contributed by atoms with van der Waals surface area (Å²) in [5, 5.41) is -0.263. The number of alkyl halides is 1. The molecule has 0 aliphatic heterocycles. The summed E-state index contributed by atoms with van der Waals surface area (Å²) in [5.74, 6) is 1.03. The highest BCUT2D eigenvalue weighted by atomic mass is 127. The van der Waals surface area contributed by atoms with E-state index < -0.39 is 0 Å². The molecule has 0 saturated carbocycles. The summed E-state index contributed by atoms with van der Waals surface area (Å²) in [6.45, 7) is 6.00. The van der Waals surface area contributed by atoms with Gasteiger partial charge in [0.25, 0.3) is 5.56 Å². The average Bonchev–Trinajstić information content (AvgIpc) is 2.11. The van der Waals surface area contributed by atoms with Crippen LogP contribution in [0.15, 0.2) is 4.79 Å². The highest BCUT2D eigenvalue weighted by molar-refractivity contribution is 14.1. The van der Waals surface area contributed by atoms with E-state index in [-0.39, 0.29) is 10.9 Å². The first-order valence-corrected chi connectivity index (χ1v) is 6.36. The smallest absolute Gasteiger partial charge is 0.264 e. The van der Waals surface area contributed by atoms with Crippen molar-refractivity contribution in [1.29, 1.82) is 0 Å². The van der Waals surface area contributed by atoms with E-state index in [0.717, 1.165) is 12.1 Å². The molecule has 0 aliphatic carbocycles. The molecule has 0 aromatic carbocycles. The van der Waals surface area contributed by atoms with Gasteiger partial charge in [-0.05, 0) is 41.9 Å². The van der Waals surface area contributed by atoms with Gasteiger partial charge in [0.05, 0.1) is 14.6 Å². The molecule has 5 heteroatoms. The first-order chi connectivity index (χ1) is 6.91. The Morgan fingerprint density at radius 3 is 2.53 bits per heavy atom. The lowest BCUT2D eigenvalue weighted by atomic mass is 10.1. The molecule has 3 nitrogen and oxygen atoms in total. The Morgan fingerprint density at radius 1 is 1.47 bits per heavy atom. The van der Waals surface area contributed by atoms with E-state index in [4.69, 9.17) is 11.6 Å². The van der Waals surface area contributed by atoms with Gasteiger partial charge in [-0.3, -0.25) is 4.79 Å². The first-order valence-electron chi connectivity index (χ1n) is 4.84. The van der Waals surface area contributed by atoms with Crippen molar-refractivity contribution in [2.24, 2.45) is 5.92 Å². The summed E-state index contributed by atoms with van der Waals surface area (Å²) < 4.78 is 0.669. The zero-order valence-electron chi connectivity index (χ0n) is 8.97. The third kappa shape index (κ3) is 3.45. The number of hydrogen-bond donors (Lipinski definition) is 1. The van der Waals surface area contributed by atoms with E-state index in [1.165, 1.54) is 0 Å². The summed E-state index contributed by atoms with van der Waals surface area (Å²) in [7, 11) is 0. The van der Waals surface area contributed by atoms with Crippen molar-refractivity contribution in [2.75, 3.05) is 0 Å². The van der Waals surface area contributed by atoms with Crippen molar-refractivity contribution in [2.45, 2.75) is 32.6 Å². The quantitative estimate of drug-likeness (QED) is 0.679. The molecule has 1 aromatic rings. The largest absolute Gasteiger partial charge is 0.308 e. The van der Waals surface area contributed by atoms with Gasteiger partial charge in [0, 0.05) is 0 Å². The standard InChI is InChI=1S/C10H14ClIN2O/c1-5(2)4-7-8(12)10(15)14-9(13-7)6(3)11/h5-6H,4H2,1-3H3,(H,13,14,15). The van der Waals surface area contributed by atoms with Gasteiger partial charge in [-0.25, -0.2) is 4.98 Å². The van der Waals surface area contributed by atoms with Crippen molar-refractivity contribution in [1.82, 2.24) is 9.97 Å². The van der Waals surface area contributed by atoms with Gasteiger partial charge in [0.1, 0.15) is 5.82 Å². The second-order valence-corrected chi connectivity index (χ2v) is 5.66. The van der Waals surface area contributed by atoms with Gasteiger partial charge in [-0.15, -0.1) is 11.6 Å². The highest BCUT2D eigenvalue weighted by Crippen LogP contribution is 2.17. The minimum Gasteiger partial charge on any atom is -0.308 e. The van der Waals surface area contributed by atoms with Crippen LogP contribution in [0.5, 0.6) is 0 Å². The Labute approximate surface area is 108 Å². The van der Waals surface area contributed by atoms with Crippen LogP contribution in [0.2, 0.25) is 0 Å². The molecule has 1 unspecified atom stereocenters. The van der Waals surface area contributed by atoms with E-state index in [1.54, 1.807) is 6.92 Å². The van der Waals surface area contributed by atoms with Gasteiger partial charge >= 0.3 is 0 Å². The molecular formula is C10H14ClIN2O. The highest BCUT2D eigenvalue weighted by Gasteiger charge is 2.12. The van der Waals surface area contributed by atoms with E-state index in [9.17, 15) is 4.79 Å². The minimum atomic E-state index is -0.263.